The van der Waals surface area contributed by atoms with Gasteiger partial charge in [-0.05, 0) is 31.5 Å². The summed E-state index contributed by atoms with van der Waals surface area (Å²) in [6.07, 6.45) is 1.45. The molecule has 1 N–H and O–H groups in total. The number of hydrogen-bond donors (Lipinski definition) is 1. The highest BCUT2D eigenvalue weighted by atomic mass is 16.5. The number of aryl methyl sites for hydroxylation is 2. The summed E-state index contributed by atoms with van der Waals surface area (Å²) in [5, 5.41) is 10.2. The molecule has 3 aromatic rings. The third-order valence-electron chi connectivity index (χ3n) is 4.02. The van der Waals surface area contributed by atoms with E-state index in [1.807, 2.05) is 26.0 Å². The molecule has 0 saturated heterocycles. The first-order chi connectivity index (χ1) is 11.9. The number of furan rings is 1. The van der Waals surface area contributed by atoms with Gasteiger partial charge in [0, 0.05) is 22.6 Å². The van der Waals surface area contributed by atoms with Crippen molar-refractivity contribution in [3.8, 4) is 5.75 Å². The third-order valence-corrected chi connectivity index (χ3v) is 4.02. The Bertz CT molecular complexity index is 952. The lowest BCUT2D eigenvalue weighted by Gasteiger charge is -2.07. The highest BCUT2D eigenvalue weighted by Crippen LogP contribution is 2.25. The van der Waals surface area contributed by atoms with E-state index in [-0.39, 0.29) is 24.6 Å². The minimum absolute atomic E-state index is 0.00205. The van der Waals surface area contributed by atoms with Crippen LogP contribution < -0.4 is 0 Å². The maximum atomic E-state index is 12.2. The summed E-state index contributed by atoms with van der Waals surface area (Å²) in [5.74, 6) is -0.642. The van der Waals surface area contributed by atoms with Crippen molar-refractivity contribution in [1.82, 2.24) is 0 Å². The largest absolute Gasteiger partial charge is 0.508 e. The number of Topliss-reactive ketones (excluding diaryl/α,β-unsaturated/α-hetero) is 1. The lowest BCUT2D eigenvalue weighted by Crippen LogP contribution is -2.16. The monoisotopic (exact) mass is 338 g/mol. The second-order valence-corrected chi connectivity index (χ2v) is 6.02. The molecule has 5 heteroatoms. The molecule has 0 fully saturated rings. The number of benzene rings is 2. The van der Waals surface area contributed by atoms with E-state index in [0.29, 0.717) is 16.7 Å². The van der Waals surface area contributed by atoms with Gasteiger partial charge in [0.2, 0.25) is 5.78 Å². The lowest BCUT2D eigenvalue weighted by molar-refractivity contribution is -0.141. The van der Waals surface area contributed by atoms with Crippen LogP contribution in [0.3, 0.4) is 0 Å². The molecule has 2 aromatic carbocycles. The van der Waals surface area contributed by atoms with Crippen molar-refractivity contribution in [2.24, 2.45) is 0 Å². The van der Waals surface area contributed by atoms with Crippen LogP contribution in [0.2, 0.25) is 0 Å². The fourth-order valence-corrected chi connectivity index (χ4v) is 2.77. The molecule has 0 saturated carbocycles. The Morgan fingerprint density at radius 3 is 2.68 bits per heavy atom. The van der Waals surface area contributed by atoms with Gasteiger partial charge < -0.3 is 14.3 Å². The molecule has 1 aromatic heterocycles. The van der Waals surface area contributed by atoms with Crippen molar-refractivity contribution in [3.63, 3.8) is 0 Å². The van der Waals surface area contributed by atoms with E-state index in [9.17, 15) is 14.7 Å². The molecular weight excluding hydrogens is 320 g/mol. The van der Waals surface area contributed by atoms with Gasteiger partial charge in [-0.1, -0.05) is 23.8 Å². The average molecular weight is 338 g/mol. The summed E-state index contributed by atoms with van der Waals surface area (Å²) in [4.78, 5) is 24.2. The van der Waals surface area contributed by atoms with E-state index in [1.165, 1.54) is 18.4 Å². The van der Waals surface area contributed by atoms with Crippen LogP contribution in [-0.2, 0) is 16.0 Å². The molecule has 3 rings (SSSR count). The summed E-state index contributed by atoms with van der Waals surface area (Å²) in [7, 11) is 0. The molecule has 0 aliphatic rings. The fraction of sp³-hybridized carbons (Fsp3) is 0.200. The molecule has 1 heterocycles. The first kappa shape index (κ1) is 16.8. The van der Waals surface area contributed by atoms with Gasteiger partial charge in [0.05, 0.1) is 12.7 Å². The van der Waals surface area contributed by atoms with Crippen molar-refractivity contribution in [3.05, 3.63) is 64.9 Å². The van der Waals surface area contributed by atoms with Gasteiger partial charge in [0.25, 0.3) is 0 Å². The van der Waals surface area contributed by atoms with Crippen LogP contribution in [0, 0.1) is 13.8 Å². The summed E-state index contributed by atoms with van der Waals surface area (Å²) in [6, 6.07) is 10.2. The van der Waals surface area contributed by atoms with E-state index in [1.54, 1.807) is 12.1 Å². The average Bonchev–Trinajstić information content (AvgIpc) is 2.94. The molecular formula is C20H18O5. The van der Waals surface area contributed by atoms with Gasteiger partial charge in [-0.2, -0.15) is 0 Å². The van der Waals surface area contributed by atoms with Crippen LogP contribution in [0.25, 0.3) is 11.0 Å². The highest BCUT2D eigenvalue weighted by molar-refractivity contribution is 5.99. The number of fused-ring (bicyclic) bond motifs is 1. The topological polar surface area (TPSA) is 76.7 Å². The molecule has 0 spiro atoms. The summed E-state index contributed by atoms with van der Waals surface area (Å²) in [5.41, 5.74) is 3.64. The second kappa shape index (κ2) is 6.81. The Hall–Kier alpha value is -3.08. The van der Waals surface area contributed by atoms with Crippen molar-refractivity contribution >= 4 is 22.7 Å². The molecule has 0 unspecified atom stereocenters. The Morgan fingerprint density at radius 1 is 1.12 bits per heavy atom. The van der Waals surface area contributed by atoms with Crippen LogP contribution >= 0.6 is 0 Å². The number of ether oxygens (including phenoxy) is 1. The third kappa shape index (κ3) is 3.71. The minimum atomic E-state index is -0.506. The molecule has 0 aliphatic heterocycles. The Morgan fingerprint density at radius 2 is 1.92 bits per heavy atom. The zero-order valence-electron chi connectivity index (χ0n) is 14.0. The Kier molecular flexibility index (Phi) is 4.57. The number of carbonyl (C=O) groups excluding carboxylic acids is 2. The van der Waals surface area contributed by atoms with Gasteiger partial charge in [-0.15, -0.1) is 0 Å². The molecule has 5 nitrogen and oxygen atoms in total. The van der Waals surface area contributed by atoms with Gasteiger partial charge in [-0.3, -0.25) is 9.59 Å². The molecule has 0 aliphatic carbocycles. The van der Waals surface area contributed by atoms with Gasteiger partial charge in [-0.25, -0.2) is 0 Å². The number of hydrogen-bond acceptors (Lipinski definition) is 5. The first-order valence-electron chi connectivity index (χ1n) is 7.89. The SMILES string of the molecule is Cc1ccc(C(=O)COC(=O)Cc2coc3cc(O)ccc23)c(C)c1. The van der Waals surface area contributed by atoms with Crippen LogP contribution in [-0.4, -0.2) is 23.5 Å². The zero-order chi connectivity index (χ0) is 18.0. The maximum absolute atomic E-state index is 12.2. The number of phenols is 1. The zero-order valence-corrected chi connectivity index (χ0v) is 14.0. The molecule has 0 atom stereocenters. The van der Waals surface area contributed by atoms with Crippen molar-refractivity contribution in [2.75, 3.05) is 6.61 Å². The van der Waals surface area contributed by atoms with E-state index < -0.39 is 5.97 Å². The number of rotatable bonds is 5. The molecule has 25 heavy (non-hydrogen) atoms. The first-order valence-corrected chi connectivity index (χ1v) is 7.89. The Labute approximate surface area is 144 Å². The van der Waals surface area contributed by atoms with Crippen molar-refractivity contribution < 1.29 is 23.8 Å². The molecule has 128 valence electrons. The fourth-order valence-electron chi connectivity index (χ4n) is 2.77. The van der Waals surface area contributed by atoms with Crippen LogP contribution in [0.5, 0.6) is 5.75 Å². The minimum Gasteiger partial charge on any atom is -0.508 e. The van der Waals surface area contributed by atoms with Crippen LogP contribution in [0.15, 0.2) is 47.1 Å². The molecule has 0 radical (unpaired) electrons. The van der Waals surface area contributed by atoms with E-state index >= 15 is 0 Å². The number of carbonyl (C=O) groups is 2. The summed E-state index contributed by atoms with van der Waals surface area (Å²) in [6.45, 7) is 3.52. The van der Waals surface area contributed by atoms with Crippen LogP contribution in [0.4, 0.5) is 0 Å². The van der Waals surface area contributed by atoms with Gasteiger partial charge in [0.1, 0.15) is 11.3 Å². The normalized spacial score (nSPS) is 10.8. The van der Waals surface area contributed by atoms with Crippen molar-refractivity contribution in [2.45, 2.75) is 20.3 Å². The highest BCUT2D eigenvalue weighted by Gasteiger charge is 2.15. The van der Waals surface area contributed by atoms with E-state index in [0.717, 1.165) is 16.5 Å². The standard InChI is InChI=1S/C20H18O5/c1-12-3-5-16(13(2)7-12)18(22)11-25-20(23)8-14-10-24-19-9-15(21)4-6-17(14)19/h3-7,9-10,21H,8,11H2,1-2H3. The lowest BCUT2D eigenvalue weighted by atomic mass is 10.0. The number of ketones is 1. The maximum Gasteiger partial charge on any atom is 0.310 e. The number of esters is 1. The number of phenolic OH excluding ortho intramolecular Hbond substituents is 1. The quantitative estimate of drug-likeness (QED) is 0.567. The second-order valence-electron chi connectivity index (χ2n) is 6.02. The predicted molar refractivity (Wildman–Crippen MR) is 92.8 cm³/mol. The molecule has 0 bridgehead atoms. The summed E-state index contributed by atoms with van der Waals surface area (Å²) < 4.78 is 10.4. The molecule has 0 amide bonds. The van der Waals surface area contributed by atoms with E-state index in [2.05, 4.69) is 0 Å². The Balaban J connectivity index is 1.63. The van der Waals surface area contributed by atoms with Gasteiger partial charge in [0.15, 0.2) is 6.61 Å². The van der Waals surface area contributed by atoms with Crippen LogP contribution in [0.1, 0.15) is 27.0 Å². The smallest absolute Gasteiger partial charge is 0.310 e. The van der Waals surface area contributed by atoms with E-state index in [4.69, 9.17) is 9.15 Å². The predicted octanol–water partition coefficient (Wildman–Crippen LogP) is 3.72. The van der Waals surface area contributed by atoms with Crippen molar-refractivity contribution in [1.29, 1.82) is 0 Å². The summed E-state index contributed by atoms with van der Waals surface area (Å²) >= 11 is 0. The number of aromatic hydroxyl groups is 1. The van der Waals surface area contributed by atoms with Gasteiger partial charge >= 0.3 is 5.97 Å².